The van der Waals surface area contributed by atoms with Gasteiger partial charge in [0.25, 0.3) is 0 Å². The molecule has 8 heteroatoms. The summed E-state index contributed by atoms with van der Waals surface area (Å²) in [7, 11) is 1.61. The van der Waals surface area contributed by atoms with Crippen LogP contribution in [0.15, 0.2) is 12.1 Å². The molecule has 1 aromatic carbocycles. The van der Waals surface area contributed by atoms with E-state index in [9.17, 15) is 22.8 Å². The van der Waals surface area contributed by atoms with Crippen LogP contribution in [0.1, 0.15) is 38.5 Å². The maximum atomic E-state index is 13.7. The van der Waals surface area contributed by atoms with E-state index in [0.717, 1.165) is 49.1 Å². The van der Waals surface area contributed by atoms with Crippen molar-refractivity contribution in [2.75, 3.05) is 25.5 Å². The number of carbonyl (C=O) groups is 2. The van der Waals surface area contributed by atoms with Gasteiger partial charge in [-0.3, -0.25) is 14.5 Å². The van der Waals surface area contributed by atoms with Crippen molar-refractivity contribution in [3.63, 3.8) is 0 Å². The number of hydrogen-bond donors (Lipinski definition) is 2. The highest BCUT2D eigenvalue weighted by molar-refractivity contribution is 5.92. The molecule has 2 amide bonds. The molecule has 5 rings (SSSR count). The van der Waals surface area contributed by atoms with Gasteiger partial charge in [0.1, 0.15) is 0 Å². The van der Waals surface area contributed by atoms with Crippen molar-refractivity contribution in [3.05, 3.63) is 29.6 Å². The molecule has 0 aromatic heterocycles. The predicted octanol–water partition coefficient (Wildman–Crippen LogP) is 3.06. The van der Waals surface area contributed by atoms with E-state index in [1.54, 1.807) is 7.05 Å². The van der Waals surface area contributed by atoms with Gasteiger partial charge in [0, 0.05) is 5.54 Å². The Morgan fingerprint density at radius 2 is 1.52 bits per heavy atom. The van der Waals surface area contributed by atoms with E-state index in [2.05, 4.69) is 10.6 Å². The molecule has 5 nitrogen and oxygen atoms in total. The van der Waals surface area contributed by atoms with Crippen LogP contribution in [0.5, 0.6) is 0 Å². The van der Waals surface area contributed by atoms with Crippen molar-refractivity contribution in [3.8, 4) is 0 Å². The number of nitrogens with zero attached hydrogens (tertiary/aromatic N) is 1. The number of benzene rings is 1. The molecule has 1 aromatic rings. The molecule has 0 heterocycles. The fourth-order valence-corrected chi connectivity index (χ4v) is 5.96. The second-order valence-corrected chi connectivity index (χ2v) is 9.19. The highest BCUT2D eigenvalue weighted by atomic mass is 19.2. The number of amides is 2. The number of nitrogens with one attached hydrogen (secondary N) is 2. The minimum atomic E-state index is -1.63. The third-order valence-corrected chi connectivity index (χ3v) is 6.58. The van der Waals surface area contributed by atoms with E-state index in [-0.39, 0.29) is 24.5 Å². The van der Waals surface area contributed by atoms with Crippen LogP contribution >= 0.6 is 0 Å². The topological polar surface area (TPSA) is 61.4 Å². The van der Waals surface area contributed by atoms with E-state index in [1.807, 2.05) is 0 Å². The summed E-state index contributed by atoms with van der Waals surface area (Å²) in [5.74, 6) is -2.98. The summed E-state index contributed by atoms with van der Waals surface area (Å²) in [5, 5.41) is 5.45. The first kappa shape index (κ1) is 20.2. The largest absolute Gasteiger partial charge is 0.350 e. The van der Waals surface area contributed by atoms with Gasteiger partial charge in [-0.05, 0) is 75.5 Å². The summed E-state index contributed by atoms with van der Waals surface area (Å²) in [6.07, 6.45) is 7.00. The first-order valence-electron chi connectivity index (χ1n) is 10.2. The Hall–Kier alpha value is -2.09. The molecule has 158 valence electrons. The Balaban J connectivity index is 1.28. The van der Waals surface area contributed by atoms with Crippen LogP contribution in [0, 0.1) is 35.2 Å². The molecule has 4 fully saturated rings. The fourth-order valence-electron chi connectivity index (χ4n) is 5.96. The van der Waals surface area contributed by atoms with Gasteiger partial charge in [0.05, 0.1) is 18.8 Å². The zero-order valence-corrected chi connectivity index (χ0v) is 16.4. The Morgan fingerprint density at radius 3 is 2.10 bits per heavy atom. The molecule has 4 aliphatic carbocycles. The minimum Gasteiger partial charge on any atom is -0.350 e. The zero-order chi connectivity index (χ0) is 20.8. The maximum absolute atomic E-state index is 13.7. The average molecular weight is 409 g/mol. The first-order chi connectivity index (χ1) is 13.7. The van der Waals surface area contributed by atoms with Crippen molar-refractivity contribution in [2.45, 2.75) is 44.1 Å². The molecule has 2 N–H and O–H groups in total. The molecule has 0 unspecified atom stereocenters. The van der Waals surface area contributed by atoms with Crippen molar-refractivity contribution in [1.82, 2.24) is 10.2 Å². The van der Waals surface area contributed by atoms with Crippen LogP contribution in [-0.2, 0) is 9.59 Å². The first-order valence-corrected chi connectivity index (χ1v) is 10.2. The maximum Gasteiger partial charge on any atom is 0.238 e. The Bertz CT molecular complexity index is 794. The van der Waals surface area contributed by atoms with Gasteiger partial charge in [-0.1, -0.05) is 0 Å². The molecule has 0 saturated heterocycles. The Morgan fingerprint density at radius 1 is 0.966 bits per heavy atom. The molecule has 0 aliphatic heterocycles. The third kappa shape index (κ3) is 4.27. The summed E-state index contributed by atoms with van der Waals surface area (Å²) in [5.41, 5.74) is -0.524. The predicted molar refractivity (Wildman–Crippen MR) is 101 cm³/mol. The van der Waals surface area contributed by atoms with Crippen molar-refractivity contribution < 1.29 is 22.8 Å². The monoisotopic (exact) mass is 409 g/mol. The molecule has 0 radical (unpaired) electrons. The van der Waals surface area contributed by atoms with Gasteiger partial charge < -0.3 is 10.6 Å². The molecular formula is C21H26F3N3O2. The molecule has 4 saturated carbocycles. The van der Waals surface area contributed by atoms with Gasteiger partial charge in [0.2, 0.25) is 11.8 Å². The number of carbonyl (C=O) groups excluding carboxylic acids is 2. The van der Waals surface area contributed by atoms with Gasteiger partial charge in [-0.2, -0.15) is 0 Å². The second-order valence-electron chi connectivity index (χ2n) is 9.19. The van der Waals surface area contributed by atoms with Crippen molar-refractivity contribution >= 4 is 17.5 Å². The lowest BCUT2D eigenvalue weighted by molar-refractivity contribution is -0.128. The lowest BCUT2D eigenvalue weighted by Crippen LogP contribution is -2.61. The standard InChI is InChI=1S/C21H26F3N3O2/c1-27(10-17(28)25-16-3-2-15(22)19(23)20(16)24)11-18(29)26-21-7-12-4-13(8-21)6-14(5-12)9-21/h2-3,12-14H,4-11H2,1H3,(H,25,28)(H,26,29). The number of halogens is 3. The van der Waals surface area contributed by atoms with E-state index < -0.39 is 29.0 Å². The van der Waals surface area contributed by atoms with Crippen LogP contribution in [0.4, 0.5) is 18.9 Å². The van der Waals surface area contributed by atoms with Crippen LogP contribution in [0.25, 0.3) is 0 Å². The molecule has 4 aliphatic rings. The molecular weight excluding hydrogens is 383 g/mol. The van der Waals surface area contributed by atoms with E-state index in [4.69, 9.17) is 0 Å². The summed E-state index contributed by atoms with van der Waals surface area (Å²) in [4.78, 5) is 26.2. The van der Waals surface area contributed by atoms with Gasteiger partial charge >= 0.3 is 0 Å². The van der Waals surface area contributed by atoms with E-state index in [1.165, 1.54) is 24.2 Å². The van der Waals surface area contributed by atoms with Crippen LogP contribution in [-0.4, -0.2) is 42.4 Å². The van der Waals surface area contributed by atoms with Gasteiger partial charge in [0.15, 0.2) is 17.5 Å². The summed E-state index contributed by atoms with van der Waals surface area (Å²) in [6.45, 7) is -0.137. The smallest absolute Gasteiger partial charge is 0.238 e. The molecule has 0 atom stereocenters. The highest BCUT2D eigenvalue weighted by Crippen LogP contribution is 2.55. The number of rotatable bonds is 6. The van der Waals surface area contributed by atoms with Crippen LogP contribution < -0.4 is 10.6 Å². The SMILES string of the molecule is CN(CC(=O)Nc1ccc(F)c(F)c1F)CC(=O)NC12CC3CC(CC(C3)C1)C2. The average Bonchev–Trinajstić information content (AvgIpc) is 2.60. The minimum absolute atomic E-state index is 0.0371. The molecule has 29 heavy (non-hydrogen) atoms. The van der Waals surface area contributed by atoms with E-state index >= 15 is 0 Å². The second kappa shape index (κ2) is 7.63. The lowest BCUT2D eigenvalue weighted by Gasteiger charge is -2.57. The summed E-state index contributed by atoms with van der Waals surface area (Å²) >= 11 is 0. The van der Waals surface area contributed by atoms with Crippen LogP contribution in [0.3, 0.4) is 0 Å². The number of hydrogen-bond acceptors (Lipinski definition) is 3. The lowest BCUT2D eigenvalue weighted by atomic mass is 9.53. The van der Waals surface area contributed by atoms with Crippen molar-refractivity contribution in [1.29, 1.82) is 0 Å². The van der Waals surface area contributed by atoms with Crippen molar-refractivity contribution in [2.24, 2.45) is 17.8 Å². The number of likely N-dealkylation sites (N-methyl/N-ethyl adjacent to an activating group) is 1. The quantitative estimate of drug-likeness (QED) is 0.710. The highest BCUT2D eigenvalue weighted by Gasteiger charge is 2.51. The third-order valence-electron chi connectivity index (χ3n) is 6.58. The summed E-state index contributed by atoms with van der Waals surface area (Å²) in [6, 6.07) is 1.71. The fraction of sp³-hybridized carbons (Fsp3) is 0.619. The number of anilines is 1. The normalized spacial score (nSPS) is 29.9. The summed E-state index contributed by atoms with van der Waals surface area (Å²) < 4.78 is 39.9. The molecule has 0 spiro atoms. The van der Waals surface area contributed by atoms with Gasteiger partial charge in [-0.25, -0.2) is 13.2 Å². The van der Waals surface area contributed by atoms with Gasteiger partial charge in [-0.15, -0.1) is 0 Å². The zero-order valence-electron chi connectivity index (χ0n) is 16.4. The Kier molecular flexibility index (Phi) is 5.31. The Labute approximate surface area is 168 Å². The molecule has 4 bridgehead atoms. The van der Waals surface area contributed by atoms with E-state index in [0.29, 0.717) is 0 Å². The van der Waals surface area contributed by atoms with Crippen LogP contribution in [0.2, 0.25) is 0 Å².